The first kappa shape index (κ1) is 12.1. The maximum Gasteiger partial charge on any atom is 0.214 e. The fourth-order valence-corrected chi connectivity index (χ4v) is 4.06. The number of nitrogens with zero attached hydrogens (tertiary/aromatic N) is 1. The molecule has 5 heteroatoms. The molecule has 0 spiro atoms. The van der Waals surface area contributed by atoms with Crippen LogP contribution in [0.15, 0.2) is 28.7 Å². The third-order valence-corrected chi connectivity index (χ3v) is 5.26. The molecule has 16 heavy (non-hydrogen) atoms. The van der Waals surface area contributed by atoms with E-state index < -0.39 is 10.0 Å². The van der Waals surface area contributed by atoms with Crippen molar-refractivity contribution >= 4 is 26.0 Å². The van der Waals surface area contributed by atoms with Gasteiger partial charge in [-0.25, -0.2) is 8.42 Å². The van der Waals surface area contributed by atoms with Crippen LogP contribution in [0, 0.1) is 5.92 Å². The molecule has 3 nitrogen and oxygen atoms in total. The van der Waals surface area contributed by atoms with E-state index in [-0.39, 0.29) is 11.7 Å². The summed E-state index contributed by atoms with van der Waals surface area (Å²) in [6, 6.07) is 7.76. The van der Waals surface area contributed by atoms with E-state index >= 15 is 0 Å². The van der Waals surface area contributed by atoms with Gasteiger partial charge in [0.15, 0.2) is 0 Å². The molecule has 1 atom stereocenters. The number of rotatable bonds is 2. The van der Waals surface area contributed by atoms with Crippen LogP contribution in [0.2, 0.25) is 0 Å². The molecule has 0 aromatic heterocycles. The summed E-state index contributed by atoms with van der Waals surface area (Å²) in [6.45, 7) is 3.09. The third kappa shape index (κ3) is 2.64. The van der Waals surface area contributed by atoms with E-state index in [1.54, 1.807) is 4.31 Å². The predicted octanol–water partition coefficient (Wildman–Crippen LogP) is 2.23. The van der Waals surface area contributed by atoms with Crippen molar-refractivity contribution in [2.24, 2.45) is 5.92 Å². The Kier molecular flexibility index (Phi) is 3.37. The molecule has 1 fully saturated rings. The zero-order chi connectivity index (χ0) is 11.8. The normalized spacial score (nSPS) is 24.8. The van der Waals surface area contributed by atoms with E-state index in [9.17, 15) is 8.42 Å². The predicted molar refractivity (Wildman–Crippen MR) is 67.5 cm³/mol. The van der Waals surface area contributed by atoms with Gasteiger partial charge in [0.25, 0.3) is 0 Å². The second-order valence-electron chi connectivity index (χ2n) is 4.30. The van der Waals surface area contributed by atoms with Gasteiger partial charge in [-0.3, -0.25) is 0 Å². The summed E-state index contributed by atoms with van der Waals surface area (Å²) in [6.07, 6.45) is 0. The molecule has 1 aliphatic rings. The number of hydrogen-bond acceptors (Lipinski definition) is 2. The van der Waals surface area contributed by atoms with Crippen molar-refractivity contribution in [2.45, 2.75) is 13.5 Å². The third-order valence-electron chi connectivity index (χ3n) is 2.68. The second kappa shape index (κ2) is 4.47. The number of hydrogen-bond donors (Lipinski definition) is 0. The smallest absolute Gasteiger partial charge is 0.212 e. The average Bonchev–Trinajstić information content (AvgIpc) is 2.43. The molecule has 0 bridgehead atoms. The van der Waals surface area contributed by atoms with E-state index in [1.165, 1.54) is 0 Å². The minimum absolute atomic E-state index is 0.237. The van der Waals surface area contributed by atoms with Gasteiger partial charge in [0.1, 0.15) is 0 Å². The van der Waals surface area contributed by atoms with Crippen LogP contribution in [0.3, 0.4) is 0 Å². The Morgan fingerprint density at radius 2 is 2.00 bits per heavy atom. The van der Waals surface area contributed by atoms with E-state index in [0.29, 0.717) is 13.1 Å². The van der Waals surface area contributed by atoms with Gasteiger partial charge in [-0.05, 0) is 23.6 Å². The lowest BCUT2D eigenvalue weighted by atomic mass is 10.2. The largest absolute Gasteiger partial charge is 0.214 e. The Labute approximate surface area is 105 Å². The highest BCUT2D eigenvalue weighted by molar-refractivity contribution is 9.10. The van der Waals surface area contributed by atoms with E-state index in [1.807, 2.05) is 31.2 Å². The molecule has 0 saturated carbocycles. The van der Waals surface area contributed by atoms with Crippen LogP contribution in [0.25, 0.3) is 0 Å². The van der Waals surface area contributed by atoms with Crippen LogP contribution in [-0.2, 0) is 16.6 Å². The highest BCUT2D eigenvalue weighted by Gasteiger charge is 2.33. The summed E-state index contributed by atoms with van der Waals surface area (Å²) in [5, 5.41) is 0. The van der Waals surface area contributed by atoms with Crippen LogP contribution in [0.4, 0.5) is 0 Å². The molecule has 88 valence electrons. The first-order valence-corrected chi connectivity index (χ1v) is 7.60. The number of benzene rings is 1. The summed E-state index contributed by atoms with van der Waals surface area (Å²) in [7, 11) is -3.02. The van der Waals surface area contributed by atoms with Gasteiger partial charge < -0.3 is 0 Å². The topological polar surface area (TPSA) is 37.4 Å². The van der Waals surface area contributed by atoms with Gasteiger partial charge in [-0.2, -0.15) is 4.31 Å². The highest BCUT2D eigenvalue weighted by atomic mass is 79.9. The van der Waals surface area contributed by atoms with Crippen molar-refractivity contribution in [3.05, 3.63) is 34.3 Å². The summed E-state index contributed by atoms with van der Waals surface area (Å²) >= 11 is 3.36. The van der Waals surface area contributed by atoms with Gasteiger partial charge in [0.05, 0.1) is 5.75 Å². The van der Waals surface area contributed by atoms with Gasteiger partial charge in [0.2, 0.25) is 10.0 Å². The maximum absolute atomic E-state index is 11.8. The van der Waals surface area contributed by atoms with E-state index in [0.717, 1.165) is 10.0 Å². The average molecular weight is 304 g/mol. The Morgan fingerprint density at radius 1 is 1.38 bits per heavy atom. The standard InChI is InChI=1S/C11H14BrNO2S/c1-9-6-13(16(14,15)8-9)7-10-2-4-11(12)5-3-10/h2-5,9H,6-8H2,1H3. The lowest BCUT2D eigenvalue weighted by Gasteiger charge is -2.14. The number of sulfonamides is 1. The Morgan fingerprint density at radius 3 is 2.50 bits per heavy atom. The SMILES string of the molecule is CC1CN(Cc2ccc(Br)cc2)S(=O)(=O)C1. The Hall–Kier alpha value is -0.390. The van der Waals surface area contributed by atoms with E-state index in [4.69, 9.17) is 0 Å². The van der Waals surface area contributed by atoms with Crippen molar-refractivity contribution in [1.29, 1.82) is 0 Å². The van der Waals surface area contributed by atoms with Crippen molar-refractivity contribution in [1.82, 2.24) is 4.31 Å². The lowest BCUT2D eigenvalue weighted by Crippen LogP contribution is -2.25. The fourth-order valence-electron chi connectivity index (χ4n) is 1.94. The molecular weight excluding hydrogens is 290 g/mol. The first-order chi connectivity index (χ1) is 7.47. The van der Waals surface area contributed by atoms with E-state index in [2.05, 4.69) is 15.9 Å². The van der Waals surface area contributed by atoms with Crippen LogP contribution < -0.4 is 0 Å². The molecular formula is C11H14BrNO2S. The van der Waals surface area contributed by atoms with Gasteiger partial charge in [0, 0.05) is 17.6 Å². The fraction of sp³-hybridized carbons (Fsp3) is 0.455. The molecule has 0 N–H and O–H groups in total. The Bertz CT molecular complexity index is 469. The second-order valence-corrected chi connectivity index (χ2v) is 7.23. The molecule has 1 aromatic carbocycles. The molecule has 1 saturated heterocycles. The summed E-state index contributed by atoms with van der Waals surface area (Å²) in [4.78, 5) is 0. The van der Waals surface area contributed by atoms with Crippen LogP contribution in [0.1, 0.15) is 12.5 Å². The maximum atomic E-state index is 11.8. The quantitative estimate of drug-likeness (QED) is 0.840. The summed E-state index contributed by atoms with van der Waals surface area (Å²) < 4.78 is 26.1. The monoisotopic (exact) mass is 303 g/mol. The minimum Gasteiger partial charge on any atom is -0.212 e. The minimum atomic E-state index is -3.02. The van der Waals surface area contributed by atoms with Crippen LogP contribution in [0.5, 0.6) is 0 Å². The summed E-state index contributed by atoms with van der Waals surface area (Å²) in [5.41, 5.74) is 1.03. The lowest BCUT2D eigenvalue weighted by molar-refractivity contribution is 0.409. The van der Waals surface area contributed by atoms with Gasteiger partial charge >= 0.3 is 0 Å². The molecule has 1 aromatic rings. The molecule has 1 unspecified atom stereocenters. The Balaban J connectivity index is 2.13. The highest BCUT2D eigenvalue weighted by Crippen LogP contribution is 2.22. The molecule has 1 aliphatic heterocycles. The molecule has 0 radical (unpaired) electrons. The molecule has 0 aliphatic carbocycles. The molecule has 0 amide bonds. The van der Waals surface area contributed by atoms with Crippen LogP contribution in [-0.4, -0.2) is 25.0 Å². The zero-order valence-corrected chi connectivity index (χ0v) is 11.5. The summed E-state index contributed by atoms with van der Waals surface area (Å²) in [5.74, 6) is 0.518. The molecule has 2 rings (SSSR count). The van der Waals surface area contributed by atoms with Gasteiger partial charge in [-0.1, -0.05) is 35.0 Å². The molecule has 1 heterocycles. The van der Waals surface area contributed by atoms with Crippen molar-refractivity contribution in [2.75, 3.05) is 12.3 Å². The van der Waals surface area contributed by atoms with Crippen LogP contribution >= 0.6 is 15.9 Å². The van der Waals surface area contributed by atoms with Crippen molar-refractivity contribution in [3.8, 4) is 0 Å². The van der Waals surface area contributed by atoms with Crippen molar-refractivity contribution in [3.63, 3.8) is 0 Å². The van der Waals surface area contributed by atoms with Crippen molar-refractivity contribution < 1.29 is 8.42 Å². The number of halogens is 1. The zero-order valence-electron chi connectivity index (χ0n) is 9.06. The van der Waals surface area contributed by atoms with Gasteiger partial charge in [-0.15, -0.1) is 0 Å². The first-order valence-electron chi connectivity index (χ1n) is 5.19.